The molecule has 0 radical (unpaired) electrons. The van der Waals surface area contributed by atoms with E-state index in [1.165, 1.54) is 0 Å². The van der Waals surface area contributed by atoms with Crippen LogP contribution in [0.3, 0.4) is 0 Å². The Morgan fingerprint density at radius 1 is 1.58 bits per heavy atom. The minimum atomic E-state index is -0.215. The van der Waals surface area contributed by atoms with Gasteiger partial charge in [-0.15, -0.1) is 0 Å². The lowest BCUT2D eigenvalue weighted by molar-refractivity contribution is 0.0792. The maximum Gasteiger partial charge on any atom is 0.169 e. The molecule has 1 fully saturated rings. The molecule has 0 aromatic carbocycles. The minimum absolute atomic E-state index is 0.215. The minimum Gasteiger partial charge on any atom is -0.391 e. The van der Waals surface area contributed by atoms with Gasteiger partial charge in [0, 0.05) is 19.6 Å². The van der Waals surface area contributed by atoms with Crippen molar-refractivity contribution in [3.63, 3.8) is 0 Å². The van der Waals surface area contributed by atoms with E-state index >= 15 is 0 Å². The molecular formula is C8H16N2OS. The van der Waals surface area contributed by atoms with Gasteiger partial charge in [0.15, 0.2) is 5.11 Å². The van der Waals surface area contributed by atoms with Crippen LogP contribution in [0.4, 0.5) is 0 Å². The topological polar surface area (TPSA) is 35.5 Å². The molecule has 4 heteroatoms. The van der Waals surface area contributed by atoms with Crippen molar-refractivity contribution in [2.45, 2.75) is 31.9 Å². The van der Waals surface area contributed by atoms with Crippen LogP contribution in [0.15, 0.2) is 0 Å². The van der Waals surface area contributed by atoms with Gasteiger partial charge in [-0.25, -0.2) is 0 Å². The molecule has 0 aromatic heterocycles. The Labute approximate surface area is 78.8 Å². The second kappa shape index (κ2) is 4.05. The molecule has 12 heavy (non-hydrogen) atoms. The molecule has 1 saturated heterocycles. The number of β-amino-alcohol motifs (C(OH)–C–C–N with tert-alkyl or cyclic N) is 1. The van der Waals surface area contributed by atoms with Crippen LogP contribution >= 0.6 is 12.2 Å². The van der Waals surface area contributed by atoms with Crippen molar-refractivity contribution < 1.29 is 5.11 Å². The van der Waals surface area contributed by atoms with Crippen molar-refractivity contribution in [2.75, 3.05) is 13.6 Å². The van der Waals surface area contributed by atoms with Gasteiger partial charge in [0.1, 0.15) is 0 Å². The third kappa shape index (κ3) is 2.08. The summed E-state index contributed by atoms with van der Waals surface area (Å²) in [7, 11) is 1.82. The van der Waals surface area contributed by atoms with Crippen LogP contribution in [0.5, 0.6) is 0 Å². The number of hydrogen-bond acceptors (Lipinski definition) is 2. The van der Waals surface area contributed by atoms with E-state index in [1.807, 2.05) is 11.9 Å². The molecule has 0 spiro atoms. The zero-order valence-corrected chi connectivity index (χ0v) is 8.40. The van der Waals surface area contributed by atoms with E-state index in [2.05, 4.69) is 12.2 Å². The van der Waals surface area contributed by atoms with Crippen LogP contribution in [0, 0.1) is 0 Å². The quantitative estimate of drug-likeness (QED) is 0.537. The summed E-state index contributed by atoms with van der Waals surface area (Å²) in [6.45, 7) is 2.80. The summed E-state index contributed by atoms with van der Waals surface area (Å²) in [5, 5.41) is 13.1. The van der Waals surface area contributed by atoms with Gasteiger partial charge in [-0.05, 0) is 32.0 Å². The number of likely N-dealkylation sites (tertiary alicyclic amines) is 1. The second-order valence-corrected chi connectivity index (χ2v) is 3.67. The van der Waals surface area contributed by atoms with E-state index in [0.717, 1.165) is 18.0 Å². The van der Waals surface area contributed by atoms with Gasteiger partial charge >= 0.3 is 0 Å². The Morgan fingerprint density at radius 2 is 2.25 bits per heavy atom. The van der Waals surface area contributed by atoms with Gasteiger partial charge in [0.25, 0.3) is 0 Å². The van der Waals surface area contributed by atoms with Crippen molar-refractivity contribution in [3.05, 3.63) is 0 Å². The van der Waals surface area contributed by atoms with E-state index < -0.39 is 0 Å². The smallest absolute Gasteiger partial charge is 0.169 e. The molecule has 1 heterocycles. The molecule has 1 aliphatic rings. The fraction of sp³-hybridized carbons (Fsp3) is 0.875. The number of thiocarbonyl (C=S) groups is 1. The monoisotopic (exact) mass is 188 g/mol. The first-order chi connectivity index (χ1) is 5.65. The zero-order valence-electron chi connectivity index (χ0n) is 7.58. The third-order valence-corrected chi connectivity index (χ3v) is 2.77. The lowest BCUT2D eigenvalue weighted by Gasteiger charge is -2.37. The Balaban J connectivity index is 2.54. The maximum atomic E-state index is 9.41. The van der Waals surface area contributed by atoms with Gasteiger partial charge in [-0.2, -0.15) is 0 Å². The van der Waals surface area contributed by atoms with Crippen LogP contribution in [-0.2, 0) is 0 Å². The third-order valence-electron chi connectivity index (χ3n) is 2.33. The number of nitrogens with zero attached hydrogens (tertiary/aromatic N) is 1. The van der Waals surface area contributed by atoms with E-state index in [4.69, 9.17) is 12.2 Å². The van der Waals surface area contributed by atoms with Gasteiger partial charge in [0.05, 0.1) is 6.10 Å². The summed E-state index contributed by atoms with van der Waals surface area (Å²) in [4.78, 5) is 2.05. The Bertz CT molecular complexity index is 174. The predicted octanol–water partition coefficient (Wildman–Crippen LogP) is 0.336. The molecule has 0 saturated carbocycles. The largest absolute Gasteiger partial charge is 0.391 e. The number of piperidine rings is 1. The Kier molecular flexibility index (Phi) is 3.29. The number of aliphatic hydroxyl groups is 1. The predicted molar refractivity (Wildman–Crippen MR) is 53.1 cm³/mol. The SMILES string of the molecule is CNC(=S)N1C[C@@H](O)CC[C@@H]1C. The summed E-state index contributed by atoms with van der Waals surface area (Å²) >= 11 is 5.11. The van der Waals surface area contributed by atoms with E-state index in [1.54, 1.807) is 0 Å². The van der Waals surface area contributed by atoms with Gasteiger partial charge in [-0.1, -0.05) is 0 Å². The molecule has 0 bridgehead atoms. The van der Waals surface area contributed by atoms with Gasteiger partial charge in [0.2, 0.25) is 0 Å². The Hall–Kier alpha value is -0.350. The molecule has 2 atom stereocenters. The molecule has 3 nitrogen and oxygen atoms in total. The van der Waals surface area contributed by atoms with Crippen LogP contribution < -0.4 is 5.32 Å². The standard InChI is InChI=1S/C8H16N2OS/c1-6-3-4-7(11)5-10(6)8(12)9-2/h6-7,11H,3-5H2,1-2H3,(H,9,12)/t6-,7-/m0/s1. The van der Waals surface area contributed by atoms with Gasteiger partial charge < -0.3 is 15.3 Å². The summed E-state index contributed by atoms with van der Waals surface area (Å²) in [5.74, 6) is 0. The highest BCUT2D eigenvalue weighted by atomic mass is 32.1. The molecule has 1 rings (SSSR count). The zero-order chi connectivity index (χ0) is 9.14. The summed E-state index contributed by atoms with van der Waals surface area (Å²) in [5.41, 5.74) is 0. The van der Waals surface area contributed by atoms with Crippen molar-refractivity contribution in [1.29, 1.82) is 0 Å². The maximum absolute atomic E-state index is 9.41. The van der Waals surface area contributed by atoms with Crippen molar-refractivity contribution >= 4 is 17.3 Å². The van der Waals surface area contributed by atoms with Gasteiger partial charge in [-0.3, -0.25) is 0 Å². The first-order valence-corrected chi connectivity index (χ1v) is 4.72. The van der Waals surface area contributed by atoms with E-state index in [-0.39, 0.29) is 6.10 Å². The first-order valence-electron chi connectivity index (χ1n) is 4.31. The Morgan fingerprint density at radius 3 is 2.83 bits per heavy atom. The van der Waals surface area contributed by atoms with E-state index in [0.29, 0.717) is 12.6 Å². The second-order valence-electron chi connectivity index (χ2n) is 3.29. The lowest BCUT2D eigenvalue weighted by atomic mass is 10.0. The lowest BCUT2D eigenvalue weighted by Crippen LogP contribution is -2.50. The summed E-state index contributed by atoms with van der Waals surface area (Å²) in [6.07, 6.45) is 1.69. The fourth-order valence-electron chi connectivity index (χ4n) is 1.51. The number of nitrogens with one attached hydrogen (secondary N) is 1. The highest BCUT2D eigenvalue weighted by molar-refractivity contribution is 7.80. The highest BCUT2D eigenvalue weighted by Gasteiger charge is 2.24. The molecule has 0 amide bonds. The van der Waals surface area contributed by atoms with Crippen LogP contribution in [0.25, 0.3) is 0 Å². The molecule has 70 valence electrons. The molecule has 0 aromatic rings. The van der Waals surface area contributed by atoms with Crippen molar-refractivity contribution in [3.8, 4) is 0 Å². The first kappa shape index (κ1) is 9.74. The van der Waals surface area contributed by atoms with Crippen LogP contribution in [-0.4, -0.2) is 40.9 Å². The number of rotatable bonds is 0. The number of hydrogen-bond donors (Lipinski definition) is 2. The molecule has 1 aliphatic heterocycles. The van der Waals surface area contributed by atoms with E-state index in [9.17, 15) is 5.11 Å². The normalized spacial score (nSPS) is 30.1. The highest BCUT2D eigenvalue weighted by Crippen LogP contribution is 2.16. The fourth-order valence-corrected chi connectivity index (χ4v) is 1.77. The summed E-state index contributed by atoms with van der Waals surface area (Å²) in [6, 6.07) is 0.452. The molecule has 0 aliphatic carbocycles. The average Bonchev–Trinajstić information content (AvgIpc) is 2.08. The molecular weight excluding hydrogens is 172 g/mol. The van der Waals surface area contributed by atoms with Crippen LogP contribution in [0.2, 0.25) is 0 Å². The molecule has 2 N–H and O–H groups in total. The van der Waals surface area contributed by atoms with Crippen molar-refractivity contribution in [2.24, 2.45) is 0 Å². The number of aliphatic hydroxyl groups excluding tert-OH is 1. The summed E-state index contributed by atoms with van der Waals surface area (Å²) < 4.78 is 0. The van der Waals surface area contributed by atoms with Crippen LogP contribution in [0.1, 0.15) is 19.8 Å². The average molecular weight is 188 g/mol. The molecule has 0 unspecified atom stereocenters. The van der Waals surface area contributed by atoms with Crippen molar-refractivity contribution in [1.82, 2.24) is 10.2 Å².